The molecule has 4 aromatic rings. The molecule has 1 aliphatic heterocycles. The Morgan fingerprint density at radius 2 is 1.78 bits per heavy atom. The van der Waals surface area contributed by atoms with Gasteiger partial charge in [0.15, 0.2) is 0 Å². The van der Waals surface area contributed by atoms with E-state index in [1.165, 1.54) is 6.33 Å². The van der Waals surface area contributed by atoms with Crippen LogP contribution in [-0.4, -0.2) is 102 Å². The smallest absolute Gasteiger partial charge is 0.345 e. The van der Waals surface area contributed by atoms with Crippen molar-refractivity contribution in [3.8, 4) is 28.8 Å². The summed E-state index contributed by atoms with van der Waals surface area (Å²) in [5, 5.41) is 28.6. The molecule has 0 bridgehead atoms. The van der Waals surface area contributed by atoms with E-state index in [-0.39, 0.29) is 43.4 Å². The maximum atomic E-state index is 12.6. The summed E-state index contributed by atoms with van der Waals surface area (Å²) in [6.45, 7) is 5.12. The van der Waals surface area contributed by atoms with Crippen LogP contribution in [0.25, 0.3) is 11.1 Å². The molecule has 3 atom stereocenters. The van der Waals surface area contributed by atoms with Crippen LogP contribution in [-0.2, 0) is 16.0 Å². The normalized spacial score (nSPS) is 21.9. The minimum atomic E-state index is -2.88. The number of rotatable bonds is 14. The van der Waals surface area contributed by atoms with Gasteiger partial charge in [-0.3, -0.25) is 9.58 Å². The van der Waals surface area contributed by atoms with Gasteiger partial charge >= 0.3 is 6.61 Å². The monoisotopic (exact) mass is 693 g/mol. The lowest BCUT2D eigenvalue weighted by molar-refractivity contribution is -0.133. The number of ether oxygens (including phenoxy) is 4. The Morgan fingerprint density at radius 3 is 2.46 bits per heavy atom. The Kier molecular flexibility index (Phi) is 11.4. The molecule has 1 N–H and O–H groups in total. The van der Waals surface area contributed by atoms with E-state index in [0.29, 0.717) is 41.1 Å². The summed E-state index contributed by atoms with van der Waals surface area (Å²) < 4.78 is 50.7. The molecule has 50 heavy (non-hydrogen) atoms. The number of morpholine rings is 1. The maximum Gasteiger partial charge on any atom is 0.345 e. The fourth-order valence-corrected chi connectivity index (χ4v) is 6.57. The zero-order valence-electron chi connectivity index (χ0n) is 28.2. The van der Waals surface area contributed by atoms with Crippen LogP contribution in [0.3, 0.4) is 0 Å². The fraction of sp³-hybridized carbons (Fsp3) is 0.545. The summed E-state index contributed by atoms with van der Waals surface area (Å²) in [4.78, 5) is 11.6. The Balaban J connectivity index is 1.13. The molecule has 1 aliphatic carbocycles. The number of tetrazole rings is 1. The Bertz CT molecular complexity index is 1700. The lowest BCUT2D eigenvalue weighted by Gasteiger charge is -2.42. The van der Waals surface area contributed by atoms with Crippen LogP contribution in [0.15, 0.2) is 43.1 Å². The number of nitriles is 1. The van der Waals surface area contributed by atoms with Gasteiger partial charge < -0.3 is 24.3 Å². The van der Waals surface area contributed by atoms with E-state index in [9.17, 15) is 14.0 Å². The number of aromatic nitrogens is 8. The zero-order valence-corrected chi connectivity index (χ0v) is 28.2. The van der Waals surface area contributed by atoms with Crippen LogP contribution in [0.2, 0.25) is 0 Å². The first-order chi connectivity index (χ1) is 24.2. The highest BCUT2D eigenvalue weighted by molar-refractivity contribution is 5.67. The van der Waals surface area contributed by atoms with Gasteiger partial charge in [0.1, 0.15) is 36.5 Å². The lowest BCUT2D eigenvalue weighted by Crippen LogP contribution is -2.51. The van der Waals surface area contributed by atoms with E-state index in [0.717, 1.165) is 44.3 Å². The Hall–Kier alpha value is -4.79. The van der Waals surface area contributed by atoms with Crippen LogP contribution in [0.5, 0.6) is 11.6 Å². The summed E-state index contributed by atoms with van der Waals surface area (Å²) in [6, 6.07) is 8.08. The topological polar surface area (TPSA) is 163 Å². The van der Waals surface area contributed by atoms with Gasteiger partial charge in [0.2, 0.25) is 5.95 Å². The van der Waals surface area contributed by atoms with Crippen molar-refractivity contribution in [3.63, 3.8) is 0 Å². The predicted octanol–water partition coefficient (Wildman–Crippen LogP) is 4.62. The largest absolute Gasteiger partial charge is 0.487 e. The molecule has 2 aliphatic rings. The maximum absolute atomic E-state index is 12.6. The van der Waals surface area contributed by atoms with Gasteiger partial charge in [0.25, 0.3) is 5.88 Å². The molecule has 0 amide bonds. The summed E-state index contributed by atoms with van der Waals surface area (Å²) in [6.07, 6.45) is 10.8. The fourth-order valence-electron chi connectivity index (χ4n) is 6.57. The third kappa shape index (κ3) is 9.05. The number of hydrogen-bond donors (Lipinski definition) is 1. The molecule has 1 saturated heterocycles. The lowest BCUT2D eigenvalue weighted by atomic mass is 9.89. The van der Waals surface area contributed by atoms with Crippen molar-refractivity contribution in [2.45, 2.75) is 90.0 Å². The van der Waals surface area contributed by atoms with Gasteiger partial charge in [0.05, 0.1) is 43.2 Å². The molecule has 6 rings (SSSR count). The quantitative estimate of drug-likeness (QED) is 0.182. The summed E-state index contributed by atoms with van der Waals surface area (Å²) in [5.41, 5.74) is 2.36. The van der Waals surface area contributed by atoms with Gasteiger partial charge in [-0.15, -0.1) is 10.2 Å². The van der Waals surface area contributed by atoms with Crippen LogP contribution in [0.1, 0.15) is 58.1 Å². The number of hydrogen-bond acceptors (Lipinski definition) is 13. The van der Waals surface area contributed by atoms with Crippen LogP contribution >= 0.6 is 0 Å². The summed E-state index contributed by atoms with van der Waals surface area (Å²) in [7, 11) is 0. The van der Waals surface area contributed by atoms with Crippen molar-refractivity contribution in [1.82, 2.24) is 44.9 Å². The molecular formula is C33H41F2N11O4. The molecule has 2 fully saturated rings. The molecule has 0 radical (unpaired) electrons. The van der Waals surface area contributed by atoms with Crippen molar-refractivity contribution in [2.75, 3.05) is 31.6 Å². The Morgan fingerprint density at radius 1 is 1.04 bits per heavy atom. The summed E-state index contributed by atoms with van der Waals surface area (Å²) >= 11 is 0. The number of anilines is 2. The SMILES string of the molecule is CC(Cn1cnnn1)Oc1cc(-c2cnc(Nc3cn(C4CCC(N5C[C@@H](C)O[C@@H](C)C5)CC4)nc3OCCOC(F)F)nc2)ccc1C#N. The third-order valence-corrected chi connectivity index (χ3v) is 8.77. The third-order valence-electron chi connectivity index (χ3n) is 8.77. The number of halogens is 2. The molecular weight excluding hydrogens is 652 g/mol. The minimum Gasteiger partial charge on any atom is -0.487 e. The second kappa shape index (κ2) is 16.3. The molecule has 266 valence electrons. The average Bonchev–Trinajstić information content (AvgIpc) is 3.76. The van der Waals surface area contributed by atoms with Crippen LogP contribution < -0.4 is 14.8 Å². The summed E-state index contributed by atoms with van der Waals surface area (Å²) in [5.74, 6) is 0.959. The first-order valence-corrected chi connectivity index (χ1v) is 16.8. The van der Waals surface area contributed by atoms with Crippen molar-refractivity contribution in [1.29, 1.82) is 5.26 Å². The van der Waals surface area contributed by atoms with Crippen LogP contribution in [0.4, 0.5) is 20.4 Å². The van der Waals surface area contributed by atoms with E-state index in [1.807, 2.05) is 17.8 Å². The molecule has 1 unspecified atom stereocenters. The molecule has 4 heterocycles. The molecule has 15 nitrogen and oxygen atoms in total. The zero-order chi connectivity index (χ0) is 35.0. The van der Waals surface area contributed by atoms with Gasteiger partial charge in [-0.05, 0) is 74.6 Å². The average molecular weight is 694 g/mol. The van der Waals surface area contributed by atoms with Crippen molar-refractivity contribution in [2.24, 2.45) is 0 Å². The van der Waals surface area contributed by atoms with Gasteiger partial charge in [0, 0.05) is 37.1 Å². The van der Waals surface area contributed by atoms with Gasteiger partial charge in [-0.25, -0.2) is 14.6 Å². The highest BCUT2D eigenvalue weighted by atomic mass is 19.3. The molecule has 1 saturated carbocycles. The van der Waals surface area contributed by atoms with Crippen LogP contribution in [0, 0.1) is 11.3 Å². The highest BCUT2D eigenvalue weighted by Crippen LogP contribution is 2.35. The van der Waals surface area contributed by atoms with Crippen molar-refractivity contribution in [3.05, 3.63) is 48.7 Å². The first kappa shape index (κ1) is 35.1. The minimum absolute atomic E-state index is 0.104. The number of nitrogens with one attached hydrogen (secondary N) is 1. The number of alkyl halides is 2. The van der Waals surface area contributed by atoms with Crippen molar-refractivity contribution >= 4 is 11.6 Å². The predicted molar refractivity (Wildman–Crippen MR) is 176 cm³/mol. The second-order valence-electron chi connectivity index (χ2n) is 12.7. The van der Waals surface area contributed by atoms with Crippen molar-refractivity contribution < 1.29 is 27.7 Å². The van der Waals surface area contributed by atoms with E-state index in [1.54, 1.807) is 35.3 Å². The second-order valence-corrected chi connectivity index (χ2v) is 12.7. The molecule has 0 spiro atoms. The highest BCUT2D eigenvalue weighted by Gasteiger charge is 2.32. The molecule has 3 aromatic heterocycles. The van der Waals surface area contributed by atoms with E-state index in [2.05, 4.69) is 60.4 Å². The van der Waals surface area contributed by atoms with Gasteiger partial charge in [-0.1, -0.05) is 6.07 Å². The van der Waals surface area contributed by atoms with E-state index in [4.69, 9.17) is 19.3 Å². The first-order valence-electron chi connectivity index (χ1n) is 16.8. The van der Waals surface area contributed by atoms with E-state index >= 15 is 0 Å². The molecule has 17 heteroatoms. The molecule has 1 aromatic carbocycles. The standard InChI is InChI=1S/C33H41F2N11O4/c1-21-16-44(17-22(2)49-21)27-6-8-28(9-7-27)46-19-29(31(41-46)47-10-11-48-32(34)35)40-33-37-14-26(15-38-33)24-4-5-25(13-36)30(12-24)50-23(3)18-45-20-39-42-43-45/h4-5,12,14-15,19-23,27-28,32H,6-11,16-18H2,1-3H3,(H,37,38,40)/t21-,22+,23?,27?,28?. The number of nitrogens with zero attached hydrogens (tertiary/aromatic N) is 10. The van der Waals surface area contributed by atoms with Gasteiger partial charge in [-0.2, -0.15) is 14.0 Å². The number of benzene rings is 1. The van der Waals surface area contributed by atoms with E-state index < -0.39 is 6.61 Å². The Labute approximate surface area is 288 Å².